The van der Waals surface area contributed by atoms with Crippen LogP contribution in [0, 0.1) is 0 Å². The second-order valence-electron chi connectivity index (χ2n) is 5.57. The van der Waals surface area contributed by atoms with Gasteiger partial charge in [-0.2, -0.15) is 0 Å². The average Bonchev–Trinajstić information content (AvgIpc) is 2.39. The van der Waals surface area contributed by atoms with E-state index in [0.29, 0.717) is 6.04 Å². The zero-order valence-electron chi connectivity index (χ0n) is 11.3. The first-order valence-corrected chi connectivity index (χ1v) is 7.15. The number of piperazine rings is 1. The van der Waals surface area contributed by atoms with Gasteiger partial charge in [0.25, 0.3) is 0 Å². The lowest BCUT2D eigenvalue weighted by Gasteiger charge is -2.46. The lowest BCUT2D eigenvalue weighted by atomic mass is 10.1. The highest BCUT2D eigenvalue weighted by Gasteiger charge is 2.32. The lowest BCUT2D eigenvalue weighted by molar-refractivity contribution is 0.0184. The molecule has 0 aliphatic carbocycles. The molecule has 0 radical (unpaired) electrons. The van der Waals surface area contributed by atoms with E-state index in [4.69, 9.17) is 0 Å². The maximum atomic E-state index is 13.3. The Labute approximate surface area is 114 Å². The molecule has 2 heterocycles. The highest BCUT2D eigenvalue weighted by Crippen LogP contribution is 2.17. The molecule has 2 fully saturated rings. The van der Waals surface area contributed by atoms with Crippen LogP contribution in [-0.4, -0.2) is 61.3 Å². The van der Waals surface area contributed by atoms with E-state index in [-0.39, 0.29) is 12.7 Å². The molecular weight excluding hydrogens is 241 g/mol. The van der Waals surface area contributed by atoms with Gasteiger partial charge in [0.2, 0.25) is 0 Å². The van der Waals surface area contributed by atoms with Crippen LogP contribution >= 0.6 is 0 Å². The summed E-state index contributed by atoms with van der Waals surface area (Å²) in [5, 5.41) is 3.29. The van der Waals surface area contributed by atoms with E-state index < -0.39 is 0 Å². The Hall–Kier alpha value is -0.970. The van der Waals surface area contributed by atoms with Gasteiger partial charge in [0, 0.05) is 45.3 Å². The molecule has 3 rings (SSSR count). The predicted octanol–water partition coefficient (Wildman–Crippen LogP) is 1.11. The minimum Gasteiger partial charge on any atom is -0.314 e. The van der Waals surface area contributed by atoms with Gasteiger partial charge >= 0.3 is 0 Å². The minimum absolute atomic E-state index is 0.0505. The minimum atomic E-state index is -0.247. The summed E-state index contributed by atoms with van der Waals surface area (Å²) < 4.78 is 13.3. The van der Waals surface area contributed by atoms with E-state index in [1.165, 1.54) is 5.56 Å². The van der Waals surface area contributed by atoms with Gasteiger partial charge in [-0.3, -0.25) is 9.80 Å². The van der Waals surface area contributed by atoms with Crippen molar-refractivity contribution in [3.05, 3.63) is 35.9 Å². The molecule has 1 aromatic rings. The first-order chi connectivity index (χ1) is 9.36. The quantitative estimate of drug-likeness (QED) is 0.878. The molecule has 104 valence electrons. The van der Waals surface area contributed by atoms with Crippen molar-refractivity contribution < 1.29 is 4.39 Å². The molecule has 1 atom stereocenters. The monoisotopic (exact) mass is 263 g/mol. The summed E-state index contributed by atoms with van der Waals surface area (Å²) in [5.41, 5.74) is 1.28. The summed E-state index contributed by atoms with van der Waals surface area (Å²) >= 11 is 0. The van der Waals surface area contributed by atoms with Crippen molar-refractivity contribution in [3.8, 4) is 0 Å². The third kappa shape index (κ3) is 2.96. The van der Waals surface area contributed by atoms with E-state index in [0.717, 1.165) is 39.3 Å². The van der Waals surface area contributed by atoms with Gasteiger partial charge in [-0.05, 0) is 5.56 Å². The summed E-state index contributed by atoms with van der Waals surface area (Å²) in [4.78, 5) is 4.74. The largest absolute Gasteiger partial charge is 0.314 e. The van der Waals surface area contributed by atoms with Crippen LogP contribution < -0.4 is 5.32 Å². The second-order valence-corrected chi connectivity index (χ2v) is 5.57. The number of halogens is 1. The fraction of sp³-hybridized carbons (Fsp3) is 0.600. The van der Waals surface area contributed by atoms with Gasteiger partial charge in [0.1, 0.15) is 6.67 Å². The van der Waals surface area contributed by atoms with Crippen LogP contribution in [0.5, 0.6) is 0 Å². The number of alkyl halides is 1. The highest BCUT2D eigenvalue weighted by atomic mass is 19.1. The second kappa shape index (κ2) is 5.99. The maximum absolute atomic E-state index is 13.3. The van der Waals surface area contributed by atoms with Crippen LogP contribution in [0.15, 0.2) is 30.3 Å². The van der Waals surface area contributed by atoms with Crippen LogP contribution in [0.1, 0.15) is 5.56 Å². The molecule has 0 bridgehead atoms. The summed E-state index contributed by atoms with van der Waals surface area (Å²) in [6.45, 7) is 5.66. The number of benzene rings is 1. The van der Waals surface area contributed by atoms with Crippen molar-refractivity contribution >= 4 is 0 Å². The van der Waals surface area contributed by atoms with Gasteiger partial charge in [-0.25, -0.2) is 4.39 Å². The number of nitrogens with one attached hydrogen (secondary N) is 1. The summed E-state index contributed by atoms with van der Waals surface area (Å²) in [7, 11) is 0. The normalized spacial score (nSPS) is 26.3. The Morgan fingerprint density at radius 2 is 1.95 bits per heavy atom. The number of rotatable bonds is 4. The Balaban J connectivity index is 1.59. The molecule has 3 nitrogen and oxygen atoms in total. The Bertz CT molecular complexity index is 394. The molecule has 1 N–H and O–H groups in total. The van der Waals surface area contributed by atoms with E-state index in [2.05, 4.69) is 39.4 Å². The standard InChI is InChI=1S/C15H22FN3/c16-8-14-12-19(15-9-17-10-15)7-6-18(14)11-13-4-2-1-3-5-13/h1-5,14-15,17H,6-12H2/t14-/m1/s1. The first kappa shape index (κ1) is 13.0. The Morgan fingerprint density at radius 3 is 2.58 bits per heavy atom. The molecule has 0 unspecified atom stereocenters. The van der Waals surface area contributed by atoms with Gasteiger partial charge in [0.15, 0.2) is 0 Å². The topological polar surface area (TPSA) is 18.5 Å². The zero-order valence-corrected chi connectivity index (χ0v) is 11.3. The molecule has 0 amide bonds. The average molecular weight is 263 g/mol. The third-order valence-electron chi connectivity index (χ3n) is 4.32. The van der Waals surface area contributed by atoms with Crippen LogP contribution in [-0.2, 0) is 6.54 Å². The van der Waals surface area contributed by atoms with Gasteiger partial charge in [-0.1, -0.05) is 30.3 Å². The highest BCUT2D eigenvalue weighted by molar-refractivity contribution is 5.14. The molecule has 0 aromatic heterocycles. The lowest BCUT2D eigenvalue weighted by Crippen LogP contribution is -2.64. The number of hydrogen-bond acceptors (Lipinski definition) is 3. The molecule has 2 aliphatic rings. The van der Waals surface area contributed by atoms with Crippen molar-refractivity contribution in [2.45, 2.75) is 18.6 Å². The SMILES string of the molecule is FC[C@@H]1CN(C2CNC2)CCN1Cc1ccccc1. The molecule has 19 heavy (non-hydrogen) atoms. The van der Waals surface area contributed by atoms with Gasteiger partial charge in [0.05, 0.1) is 6.04 Å². The van der Waals surface area contributed by atoms with E-state index in [9.17, 15) is 4.39 Å². The van der Waals surface area contributed by atoms with Gasteiger partial charge < -0.3 is 5.32 Å². The summed E-state index contributed by atoms with van der Waals surface area (Å²) in [5.74, 6) is 0. The van der Waals surface area contributed by atoms with Crippen LogP contribution in [0.2, 0.25) is 0 Å². The van der Waals surface area contributed by atoms with Crippen molar-refractivity contribution in [1.82, 2.24) is 15.1 Å². The maximum Gasteiger partial charge on any atom is 0.106 e. The number of nitrogens with zero attached hydrogens (tertiary/aromatic N) is 2. The van der Waals surface area contributed by atoms with Gasteiger partial charge in [-0.15, -0.1) is 0 Å². The molecule has 0 saturated carbocycles. The van der Waals surface area contributed by atoms with Crippen LogP contribution in [0.3, 0.4) is 0 Å². The predicted molar refractivity (Wildman–Crippen MR) is 74.8 cm³/mol. The van der Waals surface area contributed by atoms with E-state index >= 15 is 0 Å². The fourth-order valence-electron chi connectivity index (χ4n) is 2.95. The van der Waals surface area contributed by atoms with Crippen molar-refractivity contribution in [2.24, 2.45) is 0 Å². The summed E-state index contributed by atoms with van der Waals surface area (Å²) in [6.07, 6.45) is 0. The van der Waals surface area contributed by atoms with Crippen LogP contribution in [0.25, 0.3) is 0 Å². The van der Waals surface area contributed by atoms with Crippen molar-refractivity contribution in [1.29, 1.82) is 0 Å². The Kier molecular flexibility index (Phi) is 4.11. The molecule has 1 aromatic carbocycles. The third-order valence-corrected chi connectivity index (χ3v) is 4.32. The Morgan fingerprint density at radius 1 is 1.16 bits per heavy atom. The van der Waals surface area contributed by atoms with Crippen molar-refractivity contribution in [3.63, 3.8) is 0 Å². The van der Waals surface area contributed by atoms with E-state index in [1.54, 1.807) is 0 Å². The smallest absolute Gasteiger partial charge is 0.106 e. The molecule has 0 spiro atoms. The molecule has 2 aliphatic heterocycles. The van der Waals surface area contributed by atoms with Crippen molar-refractivity contribution in [2.75, 3.05) is 39.4 Å². The number of hydrogen-bond donors (Lipinski definition) is 1. The fourth-order valence-corrected chi connectivity index (χ4v) is 2.95. The molecule has 2 saturated heterocycles. The summed E-state index contributed by atoms with van der Waals surface area (Å²) in [6, 6.07) is 11.1. The molecule has 4 heteroatoms. The zero-order chi connectivity index (χ0) is 13.1. The molecular formula is C15H22FN3. The first-order valence-electron chi connectivity index (χ1n) is 7.15. The van der Waals surface area contributed by atoms with E-state index in [1.807, 2.05) is 6.07 Å². The van der Waals surface area contributed by atoms with Crippen LogP contribution in [0.4, 0.5) is 4.39 Å².